The zero-order valence-corrected chi connectivity index (χ0v) is 17.2. The smallest absolute Gasteiger partial charge is 0.241 e. The highest BCUT2D eigenvalue weighted by Crippen LogP contribution is 2.60. The van der Waals surface area contributed by atoms with Gasteiger partial charge in [0.2, 0.25) is 20.1 Å². The molecule has 1 saturated heterocycles. The molecule has 4 atom stereocenters. The number of imide groups is 1. The van der Waals surface area contributed by atoms with Crippen molar-refractivity contribution in [1.29, 1.82) is 0 Å². The molecule has 1 aromatic carbocycles. The first-order valence-electron chi connectivity index (χ1n) is 9.44. The average molecular weight is 370 g/mol. The molecule has 0 aromatic heterocycles. The van der Waals surface area contributed by atoms with Gasteiger partial charge in [-0.25, -0.2) is 0 Å². The summed E-state index contributed by atoms with van der Waals surface area (Å²) in [6.07, 6.45) is 3.09. The fraction of sp³-hybridized carbons (Fsp3) is 0.524. The van der Waals surface area contributed by atoms with E-state index in [2.05, 4.69) is 39.6 Å². The van der Waals surface area contributed by atoms with Gasteiger partial charge in [0, 0.05) is 5.92 Å². The molecule has 0 unspecified atom stereocenters. The lowest BCUT2D eigenvalue weighted by atomic mass is 9.52. The van der Waals surface area contributed by atoms with E-state index in [9.17, 15) is 9.59 Å². The number of benzene rings is 1. The van der Waals surface area contributed by atoms with Crippen molar-refractivity contribution in [1.82, 2.24) is 0 Å². The number of rotatable bonds is 3. The van der Waals surface area contributed by atoms with Crippen LogP contribution in [0.15, 0.2) is 42.2 Å². The number of hydrogen-bond acceptors (Lipinski definition) is 3. The molecule has 2 bridgehead atoms. The number of anilines is 1. The topological polar surface area (TPSA) is 46.6 Å². The van der Waals surface area contributed by atoms with Crippen LogP contribution in [0, 0.1) is 29.1 Å². The molecule has 3 aliphatic carbocycles. The van der Waals surface area contributed by atoms with E-state index in [0.717, 1.165) is 12.2 Å². The van der Waals surface area contributed by atoms with Gasteiger partial charge in [0.1, 0.15) is 0 Å². The molecule has 5 rings (SSSR count). The summed E-state index contributed by atoms with van der Waals surface area (Å²) in [6.45, 7) is 10.9. The highest BCUT2D eigenvalue weighted by atomic mass is 28.4. The minimum atomic E-state index is -1.79. The van der Waals surface area contributed by atoms with E-state index < -0.39 is 8.32 Å². The van der Waals surface area contributed by atoms with Crippen LogP contribution in [0.4, 0.5) is 5.69 Å². The zero-order valence-electron chi connectivity index (χ0n) is 16.2. The molecule has 1 saturated carbocycles. The maximum Gasteiger partial charge on any atom is 0.241 e. The molecule has 1 heterocycles. The van der Waals surface area contributed by atoms with Crippen molar-refractivity contribution in [3.63, 3.8) is 0 Å². The molecule has 4 aliphatic rings. The van der Waals surface area contributed by atoms with Crippen LogP contribution in [0.2, 0.25) is 19.6 Å². The zero-order chi connectivity index (χ0) is 18.9. The van der Waals surface area contributed by atoms with Crippen molar-refractivity contribution in [2.75, 3.05) is 4.90 Å². The van der Waals surface area contributed by atoms with Crippen LogP contribution in [0.3, 0.4) is 0 Å². The Labute approximate surface area is 156 Å². The van der Waals surface area contributed by atoms with Gasteiger partial charge in [-0.05, 0) is 55.6 Å². The van der Waals surface area contributed by atoms with E-state index in [-0.39, 0.29) is 40.9 Å². The molecule has 1 aromatic rings. The molecular formula is C21H27NO3Si. The van der Waals surface area contributed by atoms with E-state index in [1.54, 1.807) is 0 Å². The van der Waals surface area contributed by atoms with Crippen LogP contribution in [-0.2, 0) is 14.0 Å². The number of para-hydroxylation sites is 1. The van der Waals surface area contributed by atoms with Crippen LogP contribution in [0.25, 0.3) is 0 Å². The Kier molecular flexibility index (Phi) is 3.74. The summed E-state index contributed by atoms with van der Waals surface area (Å²) in [5.74, 6) is 0.384. The first kappa shape index (κ1) is 17.5. The Morgan fingerprint density at radius 2 is 1.65 bits per heavy atom. The Balaban J connectivity index is 1.77. The molecule has 5 heteroatoms. The molecule has 0 radical (unpaired) electrons. The first-order chi connectivity index (χ1) is 12.1. The second-order valence-electron chi connectivity index (χ2n) is 9.52. The van der Waals surface area contributed by atoms with Gasteiger partial charge in [0.25, 0.3) is 0 Å². The van der Waals surface area contributed by atoms with E-state index >= 15 is 0 Å². The third-order valence-electron chi connectivity index (χ3n) is 5.95. The lowest BCUT2D eigenvalue weighted by Gasteiger charge is -2.52. The quantitative estimate of drug-likeness (QED) is 0.592. The molecule has 0 N–H and O–H groups in total. The predicted octanol–water partition coefficient (Wildman–Crippen LogP) is 4.20. The summed E-state index contributed by atoms with van der Waals surface area (Å²) >= 11 is 0. The van der Waals surface area contributed by atoms with Crippen molar-refractivity contribution in [2.45, 2.75) is 39.9 Å². The van der Waals surface area contributed by atoms with E-state index in [1.165, 1.54) is 4.90 Å². The fourth-order valence-electron chi connectivity index (χ4n) is 5.18. The third-order valence-corrected chi connectivity index (χ3v) is 6.79. The van der Waals surface area contributed by atoms with Crippen LogP contribution < -0.4 is 4.90 Å². The lowest BCUT2D eigenvalue weighted by molar-refractivity contribution is -0.130. The monoisotopic (exact) mass is 369 g/mol. The number of fused-ring (bicyclic) bond motifs is 1. The second-order valence-corrected chi connectivity index (χ2v) is 13.9. The second kappa shape index (κ2) is 5.56. The van der Waals surface area contributed by atoms with Crippen molar-refractivity contribution < 1.29 is 14.0 Å². The van der Waals surface area contributed by atoms with Gasteiger partial charge in [0.05, 0.1) is 23.3 Å². The molecule has 26 heavy (non-hydrogen) atoms. The highest BCUT2D eigenvalue weighted by Gasteiger charge is 2.64. The number of allylic oxidation sites excluding steroid dienone is 2. The summed E-state index contributed by atoms with van der Waals surface area (Å²) in [5, 5.41) is 0. The highest BCUT2D eigenvalue weighted by molar-refractivity contribution is 6.70. The SMILES string of the molecule is CC1(C)C[C@H]2C=C(O[Si](C)(C)C)[C@@H]1[C@@H]1C(=O)N(c3ccccc3)C(=O)[C@@H]12. The minimum Gasteiger partial charge on any atom is -0.547 e. The van der Waals surface area contributed by atoms with Crippen LogP contribution in [0.5, 0.6) is 0 Å². The number of amides is 2. The van der Waals surface area contributed by atoms with Crippen molar-refractivity contribution in [2.24, 2.45) is 29.1 Å². The van der Waals surface area contributed by atoms with Crippen molar-refractivity contribution in [3.05, 3.63) is 42.2 Å². The Bertz CT molecular complexity index is 793. The van der Waals surface area contributed by atoms with E-state index in [4.69, 9.17) is 4.43 Å². The maximum atomic E-state index is 13.4. The number of nitrogens with zero attached hydrogens (tertiary/aromatic N) is 1. The summed E-state index contributed by atoms with van der Waals surface area (Å²) in [7, 11) is -1.79. The van der Waals surface area contributed by atoms with Gasteiger partial charge in [-0.1, -0.05) is 32.0 Å². The number of carbonyl (C=O) groups excluding carboxylic acids is 2. The summed E-state index contributed by atoms with van der Waals surface area (Å²) < 4.78 is 6.40. The molecule has 2 amide bonds. The molecule has 1 aliphatic heterocycles. The van der Waals surface area contributed by atoms with Crippen LogP contribution >= 0.6 is 0 Å². The third kappa shape index (κ3) is 2.56. The molecule has 4 nitrogen and oxygen atoms in total. The van der Waals surface area contributed by atoms with E-state index in [0.29, 0.717) is 5.69 Å². The van der Waals surface area contributed by atoms with Crippen molar-refractivity contribution in [3.8, 4) is 0 Å². The molecule has 138 valence electrons. The predicted molar refractivity (Wildman–Crippen MR) is 104 cm³/mol. The summed E-state index contributed by atoms with van der Waals surface area (Å²) in [4.78, 5) is 28.0. The van der Waals surface area contributed by atoms with Gasteiger partial charge >= 0.3 is 0 Å². The fourth-order valence-corrected chi connectivity index (χ4v) is 6.08. The Morgan fingerprint density at radius 3 is 2.27 bits per heavy atom. The largest absolute Gasteiger partial charge is 0.547 e. The average Bonchev–Trinajstić information content (AvgIpc) is 2.78. The van der Waals surface area contributed by atoms with Crippen LogP contribution in [-0.4, -0.2) is 20.1 Å². The van der Waals surface area contributed by atoms with E-state index in [1.807, 2.05) is 30.3 Å². The van der Waals surface area contributed by atoms with Crippen LogP contribution in [0.1, 0.15) is 20.3 Å². The Morgan fingerprint density at radius 1 is 1.04 bits per heavy atom. The maximum absolute atomic E-state index is 13.4. The van der Waals surface area contributed by atoms with Gasteiger partial charge in [0.15, 0.2) is 0 Å². The first-order valence-corrected chi connectivity index (χ1v) is 12.8. The van der Waals surface area contributed by atoms with Crippen molar-refractivity contribution >= 4 is 25.8 Å². The molecule has 0 spiro atoms. The number of hydrogen-bond donors (Lipinski definition) is 0. The number of carbonyl (C=O) groups is 2. The van der Waals surface area contributed by atoms with Gasteiger partial charge in [-0.3, -0.25) is 14.5 Å². The molecular weight excluding hydrogens is 342 g/mol. The normalized spacial score (nSPS) is 32.5. The molecule has 2 fully saturated rings. The van der Waals surface area contributed by atoms with Gasteiger partial charge in [-0.15, -0.1) is 0 Å². The Hall–Kier alpha value is -1.88. The lowest BCUT2D eigenvalue weighted by Crippen LogP contribution is -2.51. The summed E-state index contributed by atoms with van der Waals surface area (Å²) in [6, 6.07) is 9.32. The van der Waals surface area contributed by atoms with Gasteiger partial charge in [-0.2, -0.15) is 0 Å². The standard InChI is InChI=1S/C21H27NO3Si/c1-21(2)12-13-11-15(25-26(3,4)5)18(21)17-16(13)19(23)22(20(17)24)14-9-7-6-8-10-14/h6-11,13,16-18H,12H2,1-5H3/t13-,16-,17-,18-/m1/s1. The van der Waals surface area contributed by atoms with Gasteiger partial charge < -0.3 is 4.43 Å². The minimum absolute atomic E-state index is 0.0191. The summed E-state index contributed by atoms with van der Waals surface area (Å²) in [5.41, 5.74) is 0.639.